The molecule has 2 heterocycles. The van der Waals surface area contributed by atoms with Crippen LogP contribution < -0.4 is 19.3 Å². The Balaban J connectivity index is 1.62. The molecule has 210 valence electrons. The molecule has 0 saturated carbocycles. The number of amides is 2. The van der Waals surface area contributed by atoms with E-state index in [4.69, 9.17) is 4.74 Å². The lowest BCUT2D eigenvalue weighted by Gasteiger charge is -2.41. The van der Waals surface area contributed by atoms with Gasteiger partial charge in [0.25, 0.3) is 5.91 Å². The van der Waals surface area contributed by atoms with E-state index in [0.29, 0.717) is 48.5 Å². The molecule has 3 aromatic rings. The van der Waals surface area contributed by atoms with Gasteiger partial charge in [-0.15, -0.1) is 3.89 Å². The van der Waals surface area contributed by atoms with Gasteiger partial charge in [-0.25, -0.2) is 9.18 Å². The average Bonchev–Trinajstić information content (AvgIpc) is 3.17. The molecule has 0 bridgehead atoms. The molecule has 1 fully saturated rings. The first-order chi connectivity index (χ1) is 19.1. The third kappa shape index (κ3) is 4.22. The van der Waals surface area contributed by atoms with Crippen LogP contribution in [0.25, 0.3) is 0 Å². The van der Waals surface area contributed by atoms with E-state index < -0.39 is 31.3 Å². The lowest BCUT2D eigenvalue weighted by molar-refractivity contribution is -0.125. The number of fused-ring (bicyclic) bond motifs is 2. The number of rotatable bonds is 6. The molecule has 2 aliphatic heterocycles. The fourth-order valence-corrected chi connectivity index (χ4v) is 8.64. The van der Waals surface area contributed by atoms with Gasteiger partial charge in [-0.1, -0.05) is 12.1 Å². The Morgan fingerprint density at radius 1 is 1.05 bits per heavy atom. The second kappa shape index (κ2) is 10.4. The molecule has 2 unspecified atom stereocenters. The van der Waals surface area contributed by atoms with Crippen LogP contribution >= 0.6 is 0 Å². The number of sulfonamides is 1. The third-order valence-electron chi connectivity index (χ3n) is 8.56. The first-order valence-corrected chi connectivity index (χ1v) is 14.7. The van der Waals surface area contributed by atoms with Gasteiger partial charge in [-0.05, 0) is 86.9 Å². The average molecular weight is 567 g/mol. The van der Waals surface area contributed by atoms with Crippen LogP contribution in [-0.4, -0.2) is 46.5 Å². The number of piperidine rings is 1. The predicted molar refractivity (Wildman–Crippen MR) is 150 cm³/mol. The van der Waals surface area contributed by atoms with Crippen molar-refractivity contribution in [2.75, 3.05) is 20.2 Å². The van der Waals surface area contributed by atoms with E-state index in [0.717, 1.165) is 5.56 Å². The third-order valence-corrected chi connectivity index (χ3v) is 11.0. The zero-order valence-corrected chi connectivity index (χ0v) is 23.6. The number of benzene rings is 3. The van der Waals surface area contributed by atoms with E-state index in [-0.39, 0.29) is 23.2 Å². The summed E-state index contributed by atoms with van der Waals surface area (Å²) in [6.45, 7) is 4.68. The minimum atomic E-state index is -4.26. The molecule has 0 aliphatic carbocycles. The number of carbonyl (C=O) groups excluding carboxylic acids is 2. The van der Waals surface area contributed by atoms with E-state index in [1.54, 1.807) is 42.5 Å². The van der Waals surface area contributed by atoms with E-state index in [9.17, 15) is 22.4 Å². The van der Waals surface area contributed by atoms with Gasteiger partial charge < -0.3 is 15.4 Å². The van der Waals surface area contributed by atoms with E-state index in [1.165, 1.54) is 38.3 Å². The molecule has 1 spiro atoms. The number of nitrogens with one attached hydrogen (secondary N) is 2. The maximum atomic E-state index is 14.5. The van der Waals surface area contributed by atoms with Crippen LogP contribution in [0.15, 0.2) is 71.6 Å². The predicted octanol–water partition coefficient (Wildman–Crippen LogP) is 4.03. The monoisotopic (exact) mass is 566 g/mol. The van der Waals surface area contributed by atoms with Crippen LogP contribution in [0.1, 0.15) is 48.2 Å². The molecule has 0 radical (unpaired) electrons. The quantitative estimate of drug-likeness (QED) is 0.437. The van der Waals surface area contributed by atoms with Crippen molar-refractivity contribution in [2.45, 2.75) is 49.6 Å². The molecule has 40 heavy (non-hydrogen) atoms. The molecule has 0 aromatic heterocycles. The molecular weight excluding hydrogens is 533 g/mol. The van der Waals surface area contributed by atoms with Crippen LogP contribution in [0.2, 0.25) is 0 Å². The Hall–Kier alpha value is -3.60. The minimum absolute atomic E-state index is 0.0217. The SMILES string of the molecule is COc1ccc(S(=O)(=O)[N+]2(C(C)=O)c3ccc(C(=O)NCc4ccc(F)cc4)cc3C3(CCNCC3)C2C)cc1. The molecule has 2 atom stereocenters. The first kappa shape index (κ1) is 27.9. The summed E-state index contributed by atoms with van der Waals surface area (Å²) in [5.74, 6) is -0.691. The van der Waals surface area contributed by atoms with Crippen LogP contribution in [-0.2, 0) is 26.8 Å². The van der Waals surface area contributed by atoms with Gasteiger partial charge in [-0.3, -0.25) is 4.79 Å². The molecule has 2 amide bonds. The van der Waals surface area contributed by atoms with Crippen LogP contribution in [0.5, 0.6) is 5.75 Å². The number of quaternary nitrogens is 1. The number of carbonyl (C=O) groups is 2. The van der Waals surface area contributed by atoms with Gasteiger partial charge in [0.05, 0.1) is 19.4 Å². The summed E-state index contributed by atoms with van der Waals surface area (Å²) in [7, 11) is -2.76. The number of hydrogen-bond donors (Lipinski definition) is 2. The normalized spacial score (nSPS) is 21.6. The van der Waals surface area contributed by atoms with Crippen molar-refractivity contribution in [3.05, 3.63) is 89.2 Å². The number of hydrogen-bond acceptors (Lipinski definition) is 6. The molecular formula is C30H33FN3O5S+. The number of halogens is 1. The summed E-state index contributed by atoms with van der Waals surface area (Å²) in [4.78, 5) is 26.9. The Bertz CT molecular complexity index is 1550. The Kier molecular flexibility index (Phi) is 7.28. The van der Waals surface area contributed by atoms with Crippen molar-refractivity contribution in [3.8, 4) is 5.75 Å². The molecule has 1 saturated heterocycles. The topological polar surface area (TPSA) is 102 Å². The summed E-state index contributed by atoms with van der Waals surface area (Å²) in [6.07, 6.45) is 1.24. The van der Waals surface area contributed by atoms with E-state index in [2.05, 4.69) is 10.6 Å². The fourth-order valence-electron chi connectivity index (χ4n) is 6.46. The van der Waals surface area contributed by atoms with Gasteiger partial charge in [-0.2, -0.15) is 8.42 Å². The summed E-state index contributed by atoms with van der Waals surface area (Å²) in [6, 6.07) is 16.3. The van der Waals surface area contributed by atoms with Crippen LogP contribution in [0.3, 0.4) is 0 Å². The second-order valence-electron chi connectivity index (χ2n) is 10.5. The summed E-state index contributed by atoms with van der Waals surface area (Å²) in [5.41, 5.74) is 1.57. The smallest absolute Gasteiger partial charge is 0.339 e. The zero-order valence-electron chi connectivity index (χ0n) is 22.7. The summed E-state index contributed by atoms with van der Waals surface area (Å²) >= 11 is 0. The van der Waals surface area contributed by atoms with Crippen LogP contribution in [0.4, 0.5) is 10.1 Å². The maximum Gasteiger partial charge on any atom is 0.339 e. The van der Waals surface area contributed by atoms with Crippen molar-refractivity contribution in [1.29, 1.82) is 0 Å². The maximum absolute atomic E-state index is 14.5. The standard InChI is InChI=1S/C30H32FN3O5S/c1-20-30(14-16-32-17-15-30)27-18-23(29(36)33-19-22-4-7-24(31)8-5-22)6-13-28(27)34(20,21(2)35)40(37,38)26-11-9-25(39-3)10-12-26/h4-13,18,20,32H,14-17,19H2,1-3H3/p+1. The molecule has 5 rings (SSSR count). The molecule has 8 nitrogen and oxygen atoms in total. The van der Waals surface area contributed by atoms with Gasteiger partial charge in [0.15, 0.2) is 5.69 Å². The largest absolute Gasteiger partial charge is 0.497 e. The number of nitrogens with zero attached hydrogens (tertiary/aromatic N) is 1. The van der Waals surface area contributed by atoms with Gasteiger partial charge in [0, 0.05) is 23.7 Å². The minimum Gasteiger partial charge on any atom is -0.497 e. The molecule has 10 heteroatoms. The van der Waals surface area contributed by atoms with Crippen LogP contribution in [0, 0.1) is 5.82 Å². The zero-order chi connectivity index (χ0) is 28.7. The summed E-state index contributed by atoms with van der Waals surface area (Å²) in [5, 5.41) is 6.21. The van der Waals surface area contributed by atoms with E-state index in [1.807, 2.05) is 6.92 Å². The van der Waals surface area contributed by atoms with Crippen molar-refractivity contribution >= 4 is 27.5 Å². The first-order valence-electron chi connectivity index (χ1n) is 13.3. The lowest BCUT2D eigenvalue weighted by atomic mass is 9.70. The Labute approximate surface area is 233 Å². The Morgan fingerprint density at radius 3 is 2.30 bits per heavy atom. The fraction of sp³-hybridized carbons (Fsp3) is 0.333. The van der Waals surface area contributed by atoms with E-state index >= 15 is 0 Å². The second-order valence-corrected chi connectivity index (χ2v) is 12.4. The van der Waals surface area contributed by atoms with Crippen molar-refractivity contribution in [2.24, 2.45) is 0 Å². The molecule has 3 aromatic carbocycles. The highest BCUT2D eigenvalue weighted by Crippen LogP contribution is 2.57. The highest BCUT2D eigenvalue weighted by molar-refractivity contribution is 7.91. The summed E-state index contributed by atoms with van der Waals surface area (Å²) < 4.78 is 46.6. The molecule has 2 aliphatic rings. The van der Waals surface area contributed by atoms with Gasteiger partial charge in [0.1, 0.15) is 22.5 Å². The number of methoxy groups -OCH3 is 1. The number of ether oxygens (including phenoxy) is 1. The lowest BCUT2D eigenvalue weighted by Crippen LogP contribution is -2.65. The highest BCUT2D eigenvalue weighted by atomic mass is 32.2. The van der Waals surface area contributed by atoms with Gasteiger partial charge in [0.2, 0.25) is 0 Å². The molecule has 2 N–H and O–H groups in total. The van der Waals surface area contributed by atoms with Crippen molar-refractivity contribution in [1.82, 2.24) is 14.5 Å². The Morgan fingerprint density at radius 2 is 1.70 bits per heavy atom. The highest BCUT2D eigenvalue weighted by Gasteiger charge is 2.68. The van der Waals surface area contributed by atoms with Crippen molar-refractivity contribution in [3.63, 3.8) is 0 Å². The van der Waals surface area contributed by atoms with Gasteiger partial charge >= 0.3 is 15.9 Å². The van der Waals surface area contributed by atoms with Crippen molar-refractivity contribution < 1.29 is 27.1 Å².